The van der Waals surface area contributed by atoms with Crippen LogP contribution in [-0.2, 0) is 22.4 Å². The van der Waals surface area contributed by atoms with Gasteiger partial charge in [0.1, 0.15) is 5.52 Å². The molecule has 0 bridgehead atoms. The van der Waals surface area contributed by atoms with Crippen molar-refractivity contribution >= 4 is 17.1 Å². The van der Waals surface area contributed by atoms with Gasteiger partial charge in [0.05, 0.1) is 31.7 Å². The first-order chi connectivity index (χ1) is 21.5. The molecule has 4 aromatic rings. The number of morpholine rings is 1. The molecule has 1 amide bonds. The van der Waals surface area contributed by atoms with Gasteiger partial charge in [0.2, 0.25) is 0 Å². The summed E-state index contributed by atoms with van der Waals surface area (Å²) in [5, 5.41) is 0. The van der Waals surface area contributed by atoms with E-state index in [9.17, 15) is 4.79 Å². The third-order valence-corrected chi connectivity index (χ3v) is 9.50. The van der Waals surface area contributed by atoms with Gasteiger partial charge in [-0.1, -0.05) is 12.1 Å². The second kappa shape index (κ2) is 12.8. The van der Waals surface area contributed by atoms with E-state index in [4.69, 9.17) is 19.4 Å². The standard InChI is InChI=1S/C35H42N6O3/c1-24-17-28(18-29-22-41(9-7-30(24)29)11-10-40-12-15-43-16-13-40)32-20-37-34-33(38-32)31(19-36-34)26-3-5-27(6-4-26)35(42)39(2)21-25-8-14-44-23-25/h3-6,17-20,25H,7-16,21-23H2,1-2H3,(H,36,37). The highest BCUT2D eigenvalue weighted by Gasteiger charge is 2.23. The fourth-order valence-corrected chi connectivity index (χ4v) is 6.89. The van der Waals surface area contributed by atoms with Crippen molar-refractivity contribution in [3.8, 4) is 22.4 Å². The van der Waals surface area contributed by atoms with Crippen LogP contribution in [-0.4, -0.2) is 108 Å². The molecule has 230 valence electrons. The Balaban J connectivity index is 1.09. The van der Waals surface area contributed by atoms with Crippen molar-refractivity contribution in [2.24, 2.45) is 5.92 Å². The molecule has 9 nitrogen and oxygen atoms in total. The molecule has 0 radical (unpaired) electrons. The second-order valence-corrected chi connectivity index (χ2v) is 12.6. The summed E-state index contributed by atoms with van der Waals surface area (Å²) >= 11 is 0. The number of benzene rings is 2. The van der Waals surface area contributed by atoms with Gasteiger partial charge in [0.25, 0.3) is 5.91 Å². The second-order valence-electron chi connectivity index (χ2n) is 12.6. The van der Waals surface area contributed by atoms with E-state index in [0.29, 0.717) is 11.5 Å². The minimum atomic E-state index is 0.0342. The summed E-state index contributed by atoms with van der Waals surface area (Å²) in [5.74, 6) is 0.451. The largest absolute Gasteiger partial charge is 0.381 e. The van der Waals surface area contributed by atoms with Crippen molar-refractivity contribution in [3.63, 3.8) is 0 Å². The van der Waals surface area contributed by atoms with Crippen molar-refractivity contribution in [2.45, 2.75) is 26.3 Å². The van der Waals surface area contributed by atoms with E-state index in [0.717, 1.165) is 119 Å². The molecule has 0 spiro atoms. The zero-order valence-electron chi connectivity index (χ0n) is 25.8. The summed E-state index contributed by atoms with van der Waals surface area (Å²) in [6.45, 7) is 12.5. The predicted octanol–water partition coefficient (Wildman–Crippen LogP) is 4.40. The van der Waals surface area contributed by atoms with E-state index < -0.39 is 0 Å². The van der Waals surface area contributed by atoms with Crippen LogP contribution in [0.2, 0.25) is 0 Å². The SMILES string of the molecule is Cc1cc(-c2cnc3[nH]cc(-c4ccc(C(=O)N(C)CC5CCOC5)cc4)c3n2)cc2c1CCN(CCN1CCOCC1)C2. The van der Waals surface area contributed by atoms with Gasteiger partial charge in [-0.15, -0.1) is 0 Å². The number of nitrogens with zero attached hydrogens (tertiary/aromatic N) is 5. The van der Waals surface area contributed by atoms with Crippen LogP contribution in [0, 0.1) is 12.8 Å². The molecule has 44 heavy (non-hydrogen) atoms. The third kappa shape index (κ3) is 6.15. The Morgan fingerprint density at radius 2 is 1.84 bits per heavy atom. The Hall–Kier alpha value is -3.63. The van der Waals surface area contributed by atoms with Gasteiger partial charge in [0, 0.05) is 88.3 Å². The number of aryl methyl sites for hydroxylation is 1. The molecule has 3 aliphatic rings. The lowest BCUT2D eigenvalue weighted by atomic mass is 9.92. The molecule has 2 fully saturated rings. The summed E-state index contributed by atoms with van der Waals surface area (Å²) in [4.78, 5) is 33.1. The van der Waals surface area contributed by atoms with Crippen molar-refractivity contribution in [1.29, 1.82) is 0 Å². The maximum Gasteiger partial charge on any atom is 0.253 e. The summed E-state index contributed by atoms with van der Waals surface area (Å²) in [5.41, 5.74) is 10.4. The maximum absolute atomic E-state index is 13.0. The van der Waals surface area contributed by atoms with E-state index in [1.807, 2.05) is 48.6 Å². The minimum absolute atomic E-state index is 0.0342. The van der Waals surface area contributed by atoms with Crippen LogP contribution in [0.5, 0.6) is 0 Å². The molecule has 9 heteroatoms. The molecule has 2 aromatic heterocycles. The summed E-state index contributed by atoms with van der Waals surface area (Å²) in [6, 6.07) is 12.4. The molecule has 2 saturated heterocycles. The van der Waals surface area contributed by atoms with Crippen LogP contribution in [0.3, 0.4) is 0 Å². The van der Waals surface area contributed by atoms with E-state index in [1.165, 1.54) is 16.7 Å². The van der Waals surface area contributed by atoms with Crippen LogP contribution in [0.15, 0.2) is 48.8 Å². The number of nitrogens with one attached hydrogen (secondary N) is 1. The Kier molecular flexibility index (Phi) is 8.45. The van der Waals surface area contributed by atoms with Gasteiger partial charge in [-0.3, -0.25) is 14.6 Å². The lowest BCUT2D eigenvalue weighted by Gasteiger charge is -2.33. The molecule has 2 aromatic carbocycles. The monoisotopic (exact) mass is 594 g/mol. The van der Waals surface area contributed by atoms with Gasteiger partial charge < -0.3 is 19.4 Å². The highest BCUT2D eigenvalue weighted by Crippen LogP contribution is 2.32. The van der Waals surface area contributed by atoms with Crippen LogP contribution < -0.4 is 0 Å². The number of H-pyrrole nitrogens is 1. The van der Waals surface area contributed by atoms with Crippen molar-refractivity contribution in [2.75, 3.05) is 72.7 Å². The molecule has 0 aliphatic carbocycles. The van der Waals surface area contributed by atoms with E-state index in [1.54, 1.807) is 0 Å². The van der Waals surface area contributed by atoms with E-state index in [2.05, 4.69) is 33.8 Å². The molecular weight excluding hydrogens is 552 g/mol. The number of carbonyl (C=O) groups excluding carboxylic acids is 1. The van der Waals surface area contributed by atoms with E-state index >= 15 is 0 Å². The fraction of sp³-hybridized carbons (Fsp3) is 0.457. The molecule has 1 N–H and O–H groups in total. The zero-order chi connectivity index (χ0) is 30.0. The number of ether oxygens (including phenoxy) is 2. The number of aromatic amines is 1. The number of carbonyl (C=O) groups is 1. The lowest BCUT2D eigenvalue weighted by Crippen LogP contribution is -2.42. The molecule has 1 unspecified atom stereocenters. The number of fused-ring (bicyclic) bond motifs is 2. The number of rotatable bonds is 8. The van der Waals surface area contributed by atoms with E-state index in [-0.39, 0.29) is 5.91 Å². The molecular formula is C35H42N6O3. The highest BCUT2D eigenvalue weighted by atomic mass is 16.5. The summed E-state index contributed by atoms with van der Waals surface area (Å²) < 4.78 is 11.0. The van der Waals surface area contributed by atoms with Crippen LogP contribution in [0.4, 0.5) is 0 Å². The average molecular weight is 595 g/mol. The van der Waals surface area contributed by atoms with Crippen molar-refractivity contribution in [1.82, 2.24) is 29.7 Å². The highest BCUT2D eigenvalue weighted by molar-refractivity contribution is 5.96. The number of aromatic nitrogens is 3. The predicted molar refractivity (Wildman–Crippen MR) is 172 cm³/mol. The maximum atomic E-state index is 13.0. The fourth-order valence-electron chi connectivity index (χ4n) is 6.89. The number of hydrogen-bond donors (Lipinski definition) is 1. The number of amides is 1. The molecule has 7 rings (SSSR count). The van der Waals surface area contributed by atoms with Crippen LogP contribution in [0.1, 0.15) is 33.5 Å². The van der Waals surface area contributed by atoms with Crippen molar-refractivity contribution < 1.29 is 14.3 Å². The summed E-state index contributed by atoms with van der Waals surface area (Å²) in [6.07, 6.45) is 5.93. The normalized spacial score (nSPS) is 19.4. The van der Waals surface area contributed by atoms with Crippen LogP contribution in [0.25, 0.3) is 33.5 Å². The first kappa shape index (κ1) is 29.1. The summed E-state index contributed by atoms with van der Waals surface area (Å²) in [7, 11) is 1.87. The first-order valence-electron chi connectivity index (χ1n) is 15.9. The Labute approximate surface area is 259 Å². The van der Waals surface area contributed by atoms with Gasteiger partial charge in [-0.25, -0.2) is 9.97 Å². The van der Waals surface area contributed by atoms with Gasteiger partial charge in [0.15, 0.2) is 5.65 Å². The van der Waals surface area contributed by atoms with Gasteiger partial charge >= 0.3 is 0 Å². The Morgan fingerprint density at radius 1 is 1.02 bits per heavy atom. The first-order valence-corrected chi connectivity index (χ1v) is 15.9. The number of hydrogen-bond acceptors (Lipinski definition) is 7. The topological polar surface area (TPSA) is 86.8 Å². The smallest absolute Gasteiger partial charge is 0.253 e. The Bertz CT molecular complexity index is 1620. The molecule has 3 aliphatic heterocycles. The average Bonchev–Trinajstić information content (AvgIpc) is 3.73. The van der Waals surface area contributed by atoms with Gasteiger partial charge in [-0.05, 0) is 66.3 Å². The quantitative estimate of drug-likeness (QED) is 0.324. The molecule has 1 atom stereocenters. The van der Waals surface area contributed by atoms with Crippen LogP contribution >= 0.6 is 0 Å². The van der Waals surface area contributed by atoms with Gasteiger partial charge in [-0.2, -0.15) is 0 Å². The zero-order valence-corrected chi connectivity index (χ0v) is 25.8. The van der Waals surface area contributed by atoms with Crippen molar-refractivity contribution in [3.05, 3.63) is 71.0 Å². The molecule has 5 heterocycles. The minimum Gasteiger partial charge on any atom is -0.381 e. The Morgan fingerprint density at radius 3 is 2.64 bits per heavy atom. The lowest BCUT2D eigenvalue weighted by molar-refractivity contribution is 0.0326. The third-order valence-electron chi connectivity index (χ3n) is 9.50. The molecule has 0 saturated carbocycles.